The molecule has 1 aromatic rings. The number of carbonyl (C=O) groups is 1. The van der Waals surface area contributed by atoms with Crippen LogP contribution in [0, 0.1) is 0 Å². The number of likely N-dealkylation sites (N-methyl/N-ethyl adjacent to an activating group) is 1. The molecule has 4 nitrogen and oxygen atoms in total. The number of nitrogens with zero attached hydrogens (tertiary/aromatic N) is 1. The number of rotatable bonds is 3. The predicted octanol–water partition coefficient (Wildman–Crippen LogP) is 2.45. The molecule has 1 rings (SSSR count). The number of benzene rings is 1. The van der Waals surface area contributed by atoms with Crippen LogP contribution in [0.5, 0.6) is 0 Å². The summed E-state index contributed by atoms with van der Waals surface area (Å²) in [4.78, 5) is 12.9. The topological polar surface area (TPSA) is 52.6 Å². The van der Waals surface area contributed by atoms with Crippen molar-refractivity contribution in [3.8, 4) is 0 Å². The van der Waals surface area contributed by atoms with E-state index >= 15 is 0 Å². The third-order valence-corrected chi connectivity index (χ3v) is 2.33. The molecule has 0 saturated heterocycles. The average molecular weight is 263 g/mol. The molecule has 0 unspecified atom stereocenters. The summed E-state index contributed by atoms with van der Waals surface area (Å²) in [5, 5.41) is 12.2. The quantitative estimate of drug-likeness (QED) is 0.880. The van der Waals surface area contributed by atoms with E-state index < -0.39 is 0 Å². The first kappa shape index (κ1) is 13.1. The van der Waals surface area contributed by atoms with Crippen LogP contribution in [0.2, 0.25) is 10.0 Å². The highest BCUT2D eigenvalue weighted by Crippen LogP contribution is 2.22. The summed E-state index contributed by atoms with van der Waals surface area (Å²) in [6, 6.07) is 4.44. The van der Waals surface area contributed by atoms with Crippen molar-refractivity contribution in [2.24, 2.45) is 0 Å². The zero-order valence-electron chi connectivity index (χ0n) is 8.70. The third kappa shape index (κ3) is 3.89. The van der Waals surface area contributed by atoms with Gasteiger partial charge in [0.15, 0.2) is 0 Å². The monoisotopic (exact) mass is 262 g/mol. The lowest BCUT2D eigenvalue weighted by atomic mass is 10.3. The molecule has 0 aromatic heterocycles. The Balaban J connectivity index is 2.69. The van der Waals surface area contributed by atoms with Gasteiger partial charge < -0.3 is 15.3 Å². The maximum atomic E-state index is 11.5. The van der Waals surface area contributed by atoms with E-state index in [1.807, 2.05) is 0 Å². The molecule has 0 atom stereocenters. The third-order valence-electron chi connectivity index (χ3n) is 1.90. The normalized spacial score (nSPS) is 10.0. The van der Waals surface area contributed by atoms with Crippen molar-refractivity contribution < 1.29 is 9.90 Å². The summed E-state index contributed by atoms with van der Waals surface area (Å²) in [6.07, 6.45) is 0. The minimum Gasteiger partial charge on any atom is -0.395 e. The van der Waals surface area contributed by atoms with Crippen LogP contribution < -0.4 is 5.32 Å². The minimum absolute atomic E-state index is 0.0831. The van der Waals surface area contributed by atoms with Crippen molar-refractivity contribution in [3.63, 3.8) is 0 Å². The van der Waals surface area contributed by atoms with Gasteiger partial charge >= 0.3 is 6.03 Å². The molecular formula is C10H12Cl2N2O2. The molecule has 0 spiro atoms. The summed E-state index contributed by atoms with van der Waals surface area (Å²) >= 11 is 11.6. The number of hydrogen-bond donors (Lipinski definition) is 2. The number of aliphatic hydroxyl groups is 1. The minimum atomic E-state index is -0.326. The lowest BCUT2D eigenvalue weighted by Crippen LogP contribution is -2.33. The van der Waals surface area contributed by atoms with Gasteiger partial charge in [-0.3, -0.25) is 0 Å². The van der Waals surface area contributed by atoms with E-state index in [-0.39, 0.29) is 19.2 Å². The molecule has 0 bridgehead atoms. The number of halogens is 2. The molecule has 16 heavy (non-hydrogen) atoms. The zero-order valence-corrected chi connectivity index (χ0v) is 10.2. The Morgan fingerprint density at radius 2 is 1.94 bits per heavy atom. The van der Waals surface area contributed by atoms with Gasteiger partial charge in [0, 0.05) is 29.3 Å². The first-order valence-corrected chi connectivity index (χ1v) is 5.37. The largest absolute Gasteiger partial charge is 0.395 e. The number of aliphatic hydroxyl groups excluding tert-OH is 1. The maximum Gasteiger partial charge on any atom is 0.321 e. The molecule has 0 aliphatic carbocycles. The van der Waals surface area contributed by atoms with E-state index in [2.05, 4.69) is 5.32 Å². The van der Waals surface area contributed by atoms with Gasteiger partial charge in [0.1, 0.15) is 0 Å². The van der Waals surface area contributed by atoms with E-state index in [9.17, 15) is 4.79 Å². The number of anilines is 1. The molecule has 0 saturated carbocycles. The first-order chi connectivity index (χ1) is 7.52. The van der Waals surface area contributed by atoms with Crippen LogP contribution in [0.15, 0.2) is 18.2 Å². The van der Waals surface area contributed by atoms with E-state index in [0.29, 0.717) is 15.7 Å². The van der Waals surface area contributed by atoms with Crippen molar-refractivity contribution in [1.29, 1.82) is 0 Å². The predicted molar refractivity (Wildman–Crippen MR) is 65.2 cm³/mol. The summed E-state index contributed by atoms with van der Waals surface area (Å²) in [5.74, 6) is 0. The standard InChI is InChI=1S/C10H12Cl2N2O2/c1-14(2-3-15)10(16)13-9-5-7(11)4-8(12)6-9/h4-6,15H,2-3H2,1H3,(H,13,16). The lowest BCUT2D eigenvalue weighted by molar-refractivity contribution is 0.202. The van der Waals surface area contributed by atoms with Gasteiger partial charge in [-0.05, 0) is 18.2 Å². The van der Waals surface area contributed by atoms with E-state index in [1.54, 1.807) is 25.2 Å². The molecule has 0 heterocycles. The van der Waals surface area contributed by atoms with Crippen LogP contribution in [0.3, 0.4) is 0 Å². The maximum absolute atomic E-state index is 11.5. The van der Waals surface area contributed by atoms with Crippen LogP contribution >= 0.6 is 23.2 Å². The molecule has 6 heteroatoms. The second kappa shape index (κ2) is 5.94. The Morgan fingerprint density at radius 3 is 2.44 bits per heavy atom. The van der Waals surface area contributed by atoms with Crippen LogP contribution in [-0.2, 0) is 0 Å². The lowest BCUT2D eigenvalue weighted by Gasteiger charge is -2.16. The second-order valence-electron chi connectivity index (χ2n) is 3.23. The molecule has 0 aliphatic rings. The second-order valence-corrected chi connectivity index (χ2v) is 4.11. The average Bonchev–Trinajstić information content (AvgIpc) is 2.16. The summed E-state index contributed by atoms with van der Waals surface area (Å²) < 4.78 is 0. The van der Waals surface area contributed by atoms with Crippen molar-refractivity contribution >= 4 is 34.9 Å². The molecule has 2 N–H and O–H groups in total. The molecule has 0 fully saturated rings. The Bertz CT molecular complexity index is 365. The Morgan fingerprint density at radius 1 is 1.38 bits per heavy atom. The first-order valence-electron chi connectivity index (χ1n) is 4.62. The highest BCUT2D eigenvalue weighted by Gasteiger charge is 2.08. The van der Waals surface area contributed by atoms with Gasteiger partial charge in [-0.1, -0.05) is 23.2 Å². The van der Waals surface area contributed by atoms with Crippen LogP contribution in [0.25, 0.3) is 0 Å². The fourth-order valence-electron chi connectivity index (χ4n) is 1.10. The van der Waals surface area contributed by atoms with Gasteiger partial charge in [-0.2, -0.15) is 0 Å². The Kier molecular flexibility index (Phi) is 4.86. The van der Waals surface area contributed by atoms with Gasteiger partial charge in [-0.25, -0.2) is 4.79 Å². The molecule has 0 radical (unpaired) electrons. The highest BCUT2D eigenvalue weighted by molar-refractivity contribution is 6.35. The van der Waals surface area contributed by atoms with Crippen molar-refractivity contribution in [2.75, 3.05) is 25.5 Å². The molecule has 88 valence electrons. The number of urea groups is 1. The number of amides is 2. The summed E-state index contributed by atoms with van der Waals surface area (Å²) in [6.45, 7) is 0.181. The molecule has 2 amide bonds. The van der Waals surface area contributed by atoms with Gasteiger partial charge in [0.2, 0.25) is 0 Å². The SMILES string of the molecule is CN(CCO)C(=O)Nc1cc(Cl)cc(Cl)c1. The Hall–Kier alpha value is -0.970. The smallest absolute Gasteiger partial charge is 0.321 e. The van der Waals surface area contributed by atoms with Crippen molar-refractivity contribution in [3.05, 3.63) is 28.2 Å². The Labute approximate surface area is 104 Å². The highest BCUT2D eigenvalue weighted by atomic mass is 35.5. The summed E-state index contributed by atoms with van der Waals surface area (Å²) in [5.41, 5.74) is 0.521. The van der Waals surface area contributed by atoms with E-state index in [1.165, 1.54) is 4.90 Å². The van der Waals surface area contributed by atoms with E-state index in [0.717, 1.165) is 0 Å². The van der Waals surface area contributed by atoms with Gasteiger partial charge in [0.25, 0.3) is 0 Å². The number of nitrogens with one attached hydrogen (secondary N) is 1. The molecule has 1 aromatic carbocycles. The fraction of sp³-hybridized carbons (Fsp3) is 0.300. The number of hydrogen-bond acceptors (Lipinski definition) is 2. The van der Waals surface area contributed by atoms with Crippen LogP contribution in [-0.4, -0.2) is 36.2 Å². The van der Waals surface area contributed by atoms with E-state index in [4.69, 9.17) is 28.3 Å². The van der Waals surface area contributed by atoms with Gasteiger partial charge in [0.05, 0.1) is 6.61 Å². The van der Waals surface area contributed by atoms with Crippen molar-refractivity contribution in [1.82, 2.24) is 4.90 Å². The van der Waals surface area contributed by atoms with Crippen LogP contribution in [0.4, 0.5) is 10.5 Å². The molecule has 0 aliphatic heterocycles. The fourth-order valence-corrected chi connectivity index (χ4v) is 1.62. The molecular weight excluding hydrogens is 251 g/mol. The van der Waals surface area contributed by atoms with Crippen molar-refractivity contribution in [2.45, 2.75) is 0 Å². The van der Waals surface area contributed by atoms with Crippen LogP contribution in [0.1, 0.15) is 0 Å². The number of carbonyl (C=O) groups excluding carboxylic acids is 1. The van der Waals surface area contributed by atoms with Gasteiger partial charge in [-0.15, -0.1) is 0 Å². The summed E-state index contributed by atoms with van der Waals surface area (Å²) in [7, 11) is 1.58. The zero-order chi connectivity index (χ0) is 12.1.